The summed E-state index contributed by atoms with van der Waals surface area (Å²) < 4.78 is 2.41. The second-order valence-electron chi connectivity index (χ2n) is 6.39. The SMILES string of the molecule is c1ccc2c(c1)[nH]c1[n+]2CCN1CCNC1CCCCC1. The summed E-state index contributed by atoms with van der Waals surface area (Å²) in [5.74, 6) is 1.28. The zero-order valence-electron chi connectivity index (χ0n) is 12.6. The Balaban J connectivity index is 1.39. The van der Waals surface area contributed by atoms with Gasteiger partial charge in [-0.1, -0.05) is 31.4 Å². The van der Waals surface area contributed by atoms with E-state index in [4.69, 9.17) is 0 Å². The van der Waals surface area contributed by atoms with Gasteiger partial charge in [-0.15, -0.1) is 0 Å². The molecule has 1 aromatic heterocycles. The van der Waals surface area contributed by atoms with Crippen LogP contribution in [0.1, 0.15) is 32.1 Å². The number of nitrogens with zero attached hydrogens (tertiary/aromatic N) is 2. The summed E-state index contributed by atoms with van der Waals surface area (Å²) in [4.78, 5) is 6.06. The smallest absolute Gasteiger partial charge is 0.311 e. The van der Waals surface area contributed by atoms with Crippen LogP contribution < -0.4 is 14.8 Å². The van der Waals surface area contributed by atoms with Crippen molar-refractivity contribution in [2.45, 2.75) is 44.7 Å². The normalized spacial score (nSPS) is 19.3. The lowest BCUT2D eigenvalue weighted by atomic mass is 9.95. The highest BCUT2D eigenvalue weighted by Gasteiger charge is 2.30. The second kappa shape index (κ2) is 5.68. The first-order chi connectivity index (χ1) is 10.4. The van der Waals surface area contributed by atoms with E-state index in [0.29, 0.717) is 0 Å². The molecule has 0 radical (unpaired) electrons. The van der Waals surface area contributed by atoms with E-state index >= 15 is 0 Å². The Morgan fingerprint density at radius 1 is 1.19 bits per heavy atom. The fourth-order valence-corrected chi connectivity index (χ4v) is 3.85. The lowest BCUT2D eigenvalue weighted by molar-refractivity contribution is -0.644. The molecule has 2 N–H and O–H groups in total. The van der Waals surface area contributed by atoms with Crippen LogP contribution in [0.4, 0.5) is 5.95 Å². The van der Waals surface area contributed by atoms with E-state index in [1.54, 1.807) is 0 Å². The molecule has 0 unspecified atom stereocenters. The second-order valence-corrected chi connectivity index (χ2v) is 6.39. The van der Waals surface area contributed by atoms with Crippen molar-refractivity contribution in [2.24, 2.45) is 0 Å². The van der Waals surface area contributed by atoms with Gasteiger partial charge in [0.05, 0.1) is 13.1 Å². The lowest BCUT2D eigenvalue weighted by Crippen LogP contribution is -2.38. The van der Waals surface area contributed by atoms with Gasteiger partial charge in [-0.2, -0.15) is 0 Å². The Labute approximate surface area is 126 Å². The van der Waals surface area contributed by atoms with Gasteiger partial charge in [0, 0.05) is 12.6 Å². The molecule has 0 spiro atoms. The molecule has 2 heterocycles. The van der Waals surface area contributed by atoms with Gasteiger partial charge in [0.25, 0.3) is 0 Å². The fourth-order valence-electron chi connectivity index (χ4n) is 3.85. The average molecular weight is 285 g/mol. The van der Waals surface area contributed by atoms with E-state index in [-0.39, 0.29) is 0 Å². The van der Waals surface area contributed by atoms with Crippen LogP contribution in [-0.2, 0) is 6.54 Å². The summed E-state index contributed by atoms with van der Waals surface area (Å²) in [5, 5.41) is 3.75. The molecule has 4 rings (SSSR count). The monoisotopic (exact) mass is 285 g/mol. The number of nitrogens with one attached hydrogen (secondary N) is 2. The molecule has 1 aliphatic heterocycles. The van der Waals surface area contributed by atoms with Crippen LogP contribution >= 0.6 is 0 Å². The number of imidazole rings is 1. The van der Waals surface area contributed by atoms with Crippen molar-refractivity contribution in [2.75, 3.05) is 24.5 Å². The standard InChI is InChI=1S/C17H24N4/c1-2-6-14(7-3-1)18-10-11-20-12-13-21-16-9-5-4-8-15(16)19-17(20)21/h4-5,8-9,14,18H,1-3,6-7,10-13H2/p+1. The Morgan fingerprint density at radius 2 is 2.05 bits per heavy atom. The van der Waals surface area contributed by atoms with Crippen LogP contribution in [-0.4, -0.2) is 30.7 Å². The van der Waals surface area contributed by atoms with Gasteiger partial charge in [-0.3, -0.25) is 4.90 Å². The maximum absolute atomic E-state index is 3.75. The van der Waals surface area contributed by atoms with Crippen molar-refractivity contribution in [3.05, 3.63) is 24.3 Å². The summed E-state index contributed by atoms with van der Waals surface area (Å²) >= 11 is 0. The fraction of sp³-hybridized carbons (Fsp3) is 0.588. The molecule has 1 aromatic carbocycles. The van der Waals surface area contributed by atoms with E-state index in [9.17, 15) is 0 Å². The molecule has 21 heavy (non-hydrogen) atoms. The van der Waals surface area contributed by atoms with Crippen molar-refractivity contribution in [1.29, 1.82) is 0 Å². The third kappa shape index (κ3) is 2.53. The summed E-state index contributed by atoms with van der Waals surface area (Å²) in [5.41, 5.74) is 2.58. The first-order valence-electron chi connectivity index (χ1n) is 8.41. The van der Waals surface area contributed by atoms with Crippen molar-refractivity contribution in [3.63, 3.8) is 0 Å². The number of hydrogen-bond donors (Lipinski definition) is 2. The minimum absolute atomic E-state index is 0.760. The van der Waals surface area contributed by atoms with Crippen LogP contribution in [0.25, 0.3) is 11.0 Å². The summed E-state index contributed by atoms with van der Waals surface area (Å²) in [6.07, 6.45) is 6.98. The molecule has 0 amide bonds. The van der Waals surface area contributed by atoms with Crippen LogP contribution in [0, 0.1) is 0 Å². The Bertz CT molecular complexity index is 612. The Hall–Kier alpha value is -1.55. The van der Waals surface area contributed by atoms with Gasteiger partial charge in [-0.25, -0.2) is 9.55 Å². The predicted molar refractivity (Wildman–Crippen MR) is 85.6 cm³/mol. The van der Waals surface area contributed by atoms with Gasteiger partial charge >= 0.3 is 5.95 Å². The molecule has 1 saturated carbocycles. The molecule has 2 aliphatic rings. The number of benzene rings is 1. The van der Waals surface area contributed by atoms with E-state index in [1.165, 1.54) is 49.1 Å². The Morgan fingerprint density at radius 3 is 2.95 bits per heavy atom. The summed E-state index contributed by atoms with van der Waals surface area (Å²) in [6.45, 7) is 4.43. The number of anilines is 1. The molecule has 0 atom stereocenters. The van der Waals surface area contributed by atoms with E-state index in [0.717, 1.165) is 32.2 Å². The highest BCUT2D eigenvalue weighted by molar-refractivity contribution is 5.73. The number of fused-ring (bicyclic) bond motifs is 3. The average Bonchev–Trinajstić information content (AvgIpc) is 3.08. The van der Waals surface area contributed by atoms with E-state index < -0.39 is 0 Å². The quantitative estimate of drug-likeness (QED) is 0.845. The first-order valence-corrected chi connectivity index (χ1v) is 8.41. The van der Waals surface area contributed by atoms with Crippen LogP contribution in [0.15, 0.2) is 24.3 Å². The van der Waals surface area contributed by atoms with Gasteiger partial charge < -0.3 is 5.32 Å². The van der Waals surface area contributed by atoms with E-state index in [2.05, 4.69) is 44.0 Å². The molecular formula is C17H25N4+. The van der Waals surface area contributed by atoms with E-state index in [1.807, 2.05) is 0 Å². The minimum Gasteiger partial charge on any atom is -0.311 e. The summed E-state index contributed by atoms with van der Waals surface area (Å²) in [7, 11) is 0. The maximum atomic E-state index is 3.75. The predicted octanol–water partition coefficient (Wildman–Crippen LogP) is 2.20. The van der Waals surface area contributed by atoms with Gasteiger partial charge in [-0.05, 0) is 25.0 Å². The number of hydrogen-bond acceptors (Lipinski definition) is 2. The molecule has 0 bridgehead atoms. The van der Waals surface area contributed by atoms with Crippen molar-refractivity contribution >= 4 is 17.0 Å². The first kappa shape index (κ1) is 13.1. The van der Waals surface area contributed by atoms with Crippen LogP contribution in [0.2, 0.25) is 0 Å². The molecule has 0 saturated heterocycles. The molecule has 4 nitrogen and oxygen atoms in total. The molecule has 1 aliphatic carbocycles. The van der Waals surface area contributed by atoms with Gasteiger partial charge in [0.15, 0.2) is 0 Å². The molecule has 1 fully saturated rings. The third-order valence-electron chi connectivity index (χ3n) is 5.01. The summed E-state index contributed by atoms with van der Waals surface area (Å²) in [6, 6.07) is 9.36. The zero-order chi connectivity index (χ0) is 14.1. The number of H-pyrrole nitrogens is 1. The largest absolute Gasteiger partial charge is 0.358 e. The maximum Gasteiger partial charge on any atom is 0.358 e. The van der Waals surface area contributed by atoms with Crippen LogP contribution in [0.3, 0.4) is 0 Å². The molecular weight excluding hydrogens is 260 g/mol. The third-order valence-corrected chi connectivity index (χ3v) is 5.01. The highest BCUT2D eigenvalue weighted by atomic mass is 15.4. The number of aromatic amines is 1. The van der Waals surface area contributed by atoms with Crippen molar-refractivity contribution in [1.82, 2.24) is 10.3 Å². The lowest BCUT2D eigenvalue weighted by Gasteiger charge is -2.23. The van der Waals surface area contributed by atoms with Crippen LogP contribution in [0.5, 0.6) is 0 Å². The number of aromatic nitrogens is 2. The minimum atomic E-state index is 0.760. The zero-order valence-corrected chi connectivity index (χ0v) is 12.6. The number of rotatable bonds is 4. The molecule has 4 heteroatoms. The highest BCUT2D eigenvalue weighted by Crippen LogP contribution is 2.19. The molecule has 112 valence electrons. The number of para-hydroxylation sites is 2. The van der Waals surface area contributed by atoms with Crippen molar-refractivity contribution in [3.8, 4) is 0 Å². The topological polar surface area (TPSA) is 34.9 Å². The van der Waals surface area contributed by atoms with Gasteiger partial charge in [0.2, 0.25) is 0 Å². The molecule has 2 aromatic rings. The van der Waals surface area contributed by atoms with Crippen molar-refractivity contribution < 1.29 is 4.57 Å². The Kier molecular flexibility index (Phi) is 3.55. The van der Waals surface area contributed by atoms with Gasteiger partial charge in [0.1, 0.15) is 17.6 Å².